The van der Waals surface area contributed by atoms with Crippen LogP contribution in [-0.2, 0) is 14.8 Å². The molecule has 0 bridgehead atoms. The third-order valence-electron chi connectivity index (χ3n) is 4.45. The zero-order valence-electron chi connectivity index (χ0n) is 16.6. The van der Waals surface area contributed by atoms with Gasteiger partial charge in [0.15, 0.2) is 5.78 Å². The summed E-state index contributed by atoms with van der Waals surface area (Å²) in [6.45, 7) is 4.99. The zero-order chi connectivity index (χ0) is 20.9. The number of amides is 1. The fraction of sp³-hybridized carbons (Fsp3) is 0.333. The number of nitrogens with zero attached hydrogens (tertiary/aromatic N) is 1. The molecule has 150 valence electrons. The Hall–Kier alpha value is -2.67. The number of hydrogen-bond donors (Lipinski definition) is 1. The third kappa shape index (κ3) is 5.66. The maximum absolute atomic E-state index is 12.6. The molecule has 2 rings (SSSR count). The van der Waals surface area contributed by atoms with Gasteiger partial charge in [-0.2, -0.15) is 0 Å². The van der Waals surface area contributed by atoms with Gasteiger partial charge in [0.1, 0.15) is 6.54 Å². The lowest BCUT2D eigenvalue weighted by atomic mass is 10.0. The van der Waals surface area contributed by atoms with E-state index in [-0.39, 0.29) is 24.1 Å². The van der Waals surface area contributed by atoms with Crippen LogP contribution in [0.3, 0.4) is 0 Å². The lowest BCUT2D eigenvalue weighted by molar-refractivity contribution is -0.120. The molecule has 2 aromatic rings. The summed E-state index contributed by atoms with van der Waals surface area (Å²) < 4.78 is 25.6. The molecule has 28 heavy (non-hydrogen) atoms. The van der Waals surface area contributed by atoms with Crippen molar-refractivity contribution in [2.24, 2.45) is 0 Å². The summed E-state index contributed by atoms with van der Waals surface area (Å²) in [5.41, 5.74) is 2.76. The number of carbonyl (C=O) groups excluding carboxylic acids is 2. The first-order valence-corrected chi connectivity index (χ1v) is 10.9. The Morgan fingerprint density at radius 2 is 1.75 bits per heavy atom. The molecule has 0 spiro atoms. The fourth-order valence-corrected chi connectivity index (χ4v) is 3.72. The van der Waals surface area contributed by atoms with E-state index in [1.54, 1.807) is 18.2 Å². The molecule has 0 aliphatic carbocycles. The van der Waals surface area contributed by atoms with Crippen molar-refractivity contribution in [3.8, 4) is 0 Å². The van der Waals surface area contributed by atoms with E-state index in [0.717, 1.165) is 21.7 Å². The molecule has 0 fully saturated rings. The van der Waals surface area contributed by atoms with Crippen LogP contribution < -0.4 is 9.62 Å². The van der Waals surface area contributed by atoms with Gasteiger partial charge >= 0.3 is 0 Å². The molecule has 0 aromatic heterocycles. The average molecular weight is 403 g/mol. The van der Waals surface area contributed by atoms with E-state index in [1.165, 1.54) is 13.0 Å². The molecule has 1 N–H and O–H groups in total. The van der Waals surface area contributed by atoms with Gasteiger partial charge in [-0.05, 0) is 38.0 Å². The molecule has 2 aromatic carbocycles. The standard InChI is InChI=1S/C21H26N2O4S/c1-5-20(17-11-9-15(2)10-12-17)22-21(25)14-23(28(4,26)27)19-8-6-7-18(13-19)16(3)24/h6-13,20H,5,14H2,1-4H3,(H,22,25)/t20-/m1/s1. The maximum atomic E-state index is 12.6. The van der Waals surface area contributed by atoms with Crippen molar-refractivity contribution in [2.45, 2.75) is 33.2 Å². The lowest BCUT2D eigenvalue weighted by Gasteiger charge is -2.24. The average Bonchev–Trinajstić information content (AvgIpc) is 2.64. The van der Waals surface area contributed by atoms with Gasteiger partial charge < -0.3 is 5.32 Å². The first-order chi connectivity index (χ1) is 13.1. The molecular weight excluding hydrogens is 376 g/mol. The van der Waals surface area contributed by atoms with Gasteiger partial charge in [-0.15, -0.1) is 0 Å². The van der Waals surface area contributed by atoms with Crippen LogP contribution in [0.25, 0.3) is 0 Å². The SMILES string of the molecule is CC[C@@H](NC(=O)CN(c1cccc(C(C)=O)c1)S(C)(=O)=O)c1ccc(C)cc1. The van der Waals surface area contributed by atoms with Gasteiger partial charge in [0.25, 0.3) is 0 Å². The summed E-state index contributed by atoms with van der Waals surface area (Å²) in [5.74, 6) is -0.587. The highest BCUT2D eigenvalue weighted by molar-refractivity contribution is 7.92. The summed E-state index contributed by atoms with van der Waals surface area (Å²) in [6, 6.07) is 13.9. The molecule has 0 aliphatic rings. The number of Topliss-reactive ketones (excluding diaryl/α,β-unsaturated/α-hetero) is 1. The first kappa shape index (κ1) is 21.6. The molecule has 0 radical (unpaired) electrons. The van der Waals surface area contributed by atoms with Gasteiger partial charge in [-0.25, -0.2) is 8.42 Å². The Kier molecular flexibility index (Phi) is 6.96. The second-order valence-electron chi connectivity index (χ2n) is 6.82. The highest BCUT2D eigenvalue weighted by atomic mass is 32.2. The highest BCUT2D eigenvalue weighted by Crippen LogP contribution is 2.21. The number of ketones is 1. The number of aryl methyl sites for hydroxylation is 1. The molecule has 6 nitrogen and oxygen atoms in total. The first-order valence-electron chi connectivity index (χ1n) is 9.06. The Bertz CT molecular complexity index is 953. The summed E-state index contributed by atoms with van der Waals surface area (Å²) in [6.07, 6.45) is 1.71. The van der Waals surface area contributed by atoms with Gasteiger partial charge in [-0.3, -0.25) is 13.9 Å². The van der Waals surface area contributed by atoms with Gasteiger partial charge in [0.05, 0.1) is 18.0 Å². The van der Waals surface area contributed by atoms with E-state index in [0.29, 0.717) is 12.0 Å². The Morgan fingerprint density at radius 3 is 2.29 bits per heavy atom. The Morgan fingerprint density at radius 1 is 1.11 bits per heavy atom. The quantitative estimate of drug-likeness (QED) is 0.687. The lowest BCUT2D eigenvalue weighted by Crippen LogP contribution is -2.41. The third-order valence-corrected chi connectivity index (χ3v) is 5.59. The molecule has 1 amide bonds. The summed E-state index contributed by atoms with van der Waals surface area (Å²) in [5, 5.41) is 2.90. The van der Waals surface area contributed by atoms with Crippen molar-refractivity contribution in [1.82, 2.24) is 5.32 Å². The number of rotatable bonds is 8. The summed E-state index contributed by atoms with van der Waals surface area (Å²) in [4.78, 5) is 24.2. The van der Waals surface area contributed by atoms with Crippen molar-refractivity contribution in [1.29, 1.82) is 0 Å². The number of sulfonamides is 1. The highest BCUT2D eigenvalue weighted by Gasteiger charge is 2.23. The number of benzene rings is 2. The van der Waals surface area contributed by atoms with Crippen LogP contribution in [0.1, 0.15) is 47.8 Å². The van der Waals surface area contributed by atoms with E-state index in [2.05, 4.69) is 5.32 Å². The van der Waals surface area contributed by atoms with Crippen LogP contribution >= 0.6 is 0 Å². The second-order valence-corrected chi connectivity index (χ2v) is 8.72. The fourth-order valence-electron chi connectivity index (χ4n) is 2.87. The summed E-state index contributed by atoms with van der Waals surface area (Å²) in [7, 11) is -3.71. The molecule has 0 saturated heterocycles. The minimum Gasteiger partial charge on any atom is -0.348 e. The van der Waals surface area contributed by atoms with Crippen molar-refractivity contribution in [2.75, 3.05) is 17.1 Å². The molecular formula is C21H26N2O4S. The van der Waals surface area contributed by atoms with E-state index < -0.39 is 15.9 Å². The van der Waals surface area contributed by atoms with Crippen molar-refractivity contribution in [3.63, 3.8) is 0 Å². The zero-order valence-corrected chi connectivity index (χ0v) is 17.4. The van der Waals surface area contributed by atoms with Crippen LogP contribution in [0, 0.1) is 6.92 Å². The minimum absolute atomic E-state index is 0.176. The Balaban J connectivity index is 2.22. The van der Waals surface area contributed by atoms with Crippen LogP contribution in [0.2, 0.25) is 0 Å². The normalized spacial score (nSPS) is 12.3. The van der Waals surface area contributed by atoms with Crippen LogP contribution in [0.4, 0.5) is 5.69 Å². The molecule has 0 aliphatic heterocycles. The van der Waals surface area contributed by atoms with E-state index in [1.807, 2.05) is 38.1 Å². The van der Waals surface area contributed by atoms with Crippen LogP contribution in [-0.4, -0.2) is 32.9 Å². The largest absolute Gasteiger partial charge is 0.348 e. The van der Waals surface area contributed by atoms with E-state index in [9.17, 15) is 18.0 Å². The van der Waals surface area contributed by atoms with E-state index in [4.69, 9.17) is 0 Å². The van der Waals surface area contributed by atoms with Crippen molar-refractivity contribution >= 4 is 27.4 Å². The molecule has 0 saturated carbocycles. The predicted octanol–water partition coefficient (Wildman–Crippen LogP) is 3.23. The van der Waals surface area contributed by atoms with Gasteiger partial charge in [-0.1, -0.05) is 48.9 Å². The van der Waals surface area contributed by atoms with Crippen molar-refractivity contribution < 1.29 is 18.0 Å². The minimum atomic E-state index is -3.71. The number of hydrogen-bond acceptors (Lipinski definition) is 4. The molecule has 7 heteroatoms. The van der Waals surface area contributed by atoms with Crippen LogP contribution in [0.15, 0.2) is 48.5 Å². The maximum Gasteiger partial charge on any atom is 0.241 e. The topological polar surface area (TPSA) is 83.6 Å². The Labute approximate surface area is 166 Å². The molecule has 1 atom stereocenters. The smallest absolute Gasteiger partial charge is 0.241 e. The predicted molar refractivity (Wildman–Crippen MR) is 111 cm³/mol. The van der Waals surface area contributed by atoms with Gasteiger partial charge in [0, 0.05) is 5.56 Å². The van der Waals surface area contributed by atoms with Crippen molar-refractivity contribution in [3.05, 3.63) is 65.2 Å². The molecule has 0 unspecified atom stereocenters. The number of carbonyl (C=O) groups is 2. The number of nitrogens with one attached hydrogen (secondary N) is 1. The second kappa shape index (κ2) is 9.01. The summed E-state index contributed by atoms with van der Waals surface area (Å²) >= 11 is 0. The number of anilines is 1. The monoisotopic (exact) mass is 402 g/mol. The molecule has 0 heterocycles. The van der Waals surface area contributed by atoms with Gasteiger partial charge in [0.2, 0.25) is 15.9 Å². The van der Waals surface area contributed by atoms with E-state index >= 15 is 0 Å². The van der Waals surface area contributed by atoms with Crippen LogP contribution in [0.5, 0.6) is 0 Å².